The van der Waals surface area contributed by atoms with Gasteiger partial charge in [-0.05, 0) is 35.9 Å². The monoisotopic (exact) mass is 260 g/mol. The largest absolute Gasteiger partial charge is 0.436 e. The third-order valence-electron chi connectivity index (χ3n) is 2.85. The van der Waals surface area contributed by atoms with Gasteiger partial charge >= 0.3 is 0 Å². The van der Waals surface area contributed by atoms with Gasteiger partial charge < -0.3 is 10.2 Å². The van der Waals surface area contributed by atoms with E-state index in [1.54, 1.807) is 6.07 Å². The normalized spacial score (nSPS) is 11.1. The topological polar surface area (TPSA) is 52.0 Å². The van der Waals surface area contributed by atoms with Gasteiger partial charge in [-0.3, -0.25) is 0 Å². The number of halogens is 2. The molecule has 0 spiro atoms. The van der Waals surface area contributed by atoms with Crippen LogP contribution in [0.1, 0.15) is 5.56 Å². The van der Waals surface area contributed by atoms with Crippen LogP contribution >= 0.6 is 0 Å². The molecule has 2 N–H and O–H groups in total. The number of aromatic nitrogens is 1. The van der Waals surface area contributed by atoms with Gasteiger partial charge in [0.1, 0.15) is 5.52 Å². The molecule has 96 valence electrons. The van der Waals surface area contributed by atoms with Crippen LogP contribution in [-0.4, -0.2) is 4.98 Å². The molecule has 0 saturated heterocycles. The van der Waals surface area contributed by atoms with Gasteiger partial charge in [0.15, 0.2) is 17.2 Å². The number of nitrogens with two attached hydrogens (primary N) is 1. The SMILES string of the molecule is NCc1ccc2oc(-c3ccc(F)c(F)c3)nc2c1. The third kappa shape index (κ3) is 2.08. The van der Waals surface area contributed by atoms with E-state index in [1.165, 1.54) is 6.07 Å². The molecule has 2 aromatic carbocycles. The Morgan fingerprint density at radius 3 is 2.63 bits per heavy atom. The Hall–Kier alpha value is -2.27. The summed E-state index contributed by atoms with van der Waals surface area (Å²) >= 11 is 0. The Morgan fingerprint density at radius 2 is 1.89 bits per heavy atom. The zero-order valence-electron chi connectivity index (χ0n) is 9.86. The fraction of sp³-hybridized carbons (Fsp3) is 0.0714. The zero-order chi connectivity index (χ0) is 13.4. The molecule has 0 unspecified atom stereocenters. The molecule has 5 heteroatoms. The van der Waals surface area contributed by atoms with Crippen LogP contribution < -0.4 is 5.73 Å². The van der Waals surface area contributed by atoms with Crippen LogP contribution in [0.15, 0.2) is 40.8 Å². The highest BCUT2D eigenvalue weighted by molar-refractivity contribution is 5.76. The molecular formula is C14H10F2N2O. The van der Waals surface area contributed by atoms with Crippen molar-refractivity contribution in [3.63, 3.8) is 0 Å². The summed E-state index contributed by atoms with van der Waals surface area (Å²) < 4.78 is 31.6. The second-order valence-corrected chi connectivity index (χ2v) is 4.15. The van der Waals surface area contributed by atoms with Crippen LogP contribution in [0.5, 0.6) is 0 Å². The molecule has 19 heavy (non-hydrogen) atoms. The van der Waals surface area contributed by atoms with E-state index >= 15 is 0 Å². The van der Waals surface area contributed by atoms with Crippen molar-refractivity contribution in [2.45, 2.75) is 6.54 Å². The highest BCUT2D eigenvalue weighted by Gasteiger charge is 2.11. The van der Waals surface area contributed by atoms with Crippen LogP contribution in [0.25, 0.3) is 22.6 Å². The van der Waals surface area contributed by atoms with Crippen molar-refractivity contribution in [2.24, 2.45) is 5.73 Å². The lowest BCUT2D eigenvalue weighted by atomic mass is 10.2. The maximum absolute atomic E-state index is 13.2. The Labute approximate surface area is 107 Å². The van der Waals surface area contributed by atoms with Gasteiger partial charge in [0.25, 0.3) is 0 Å². The third-order valence-corrected chi connectivity index (χ3v) is 2.85. The van der Waals surface area contributed by atoms with Gasteiger partial charge in [-0.25, -0.2) is 13.8 Å². The minimum absolute atomic E-state index is 0.253. The lowest BCUT2D eigenvalue weighted by molar-refractivity contribution is 0.508. The minimum atomic E-state index is -0.928. The first-order chi connectivity index (χ1) is 9.17. The molecule has 0 fully saturated rings. The second kappa shape index (κ2) is 4.44. The van der Waals surface area contributed by atoms with Crippen molar-refractivity contribution >= 4 is 11.1 Å². The molecule has 0 aliphatic heterocycles. The smallest absolute Gasteiger partial charge is 0.227 e. The van der Waals surface area contributed by atoms with E-state index in [1.807, 2.05) is 12.1 Å². The molecular weight excluding hydrogens is 250 g/mol. The lowest BCUT2D eigenvalue weighted by Gasteiger charge is -1.96. The number of fused-ring (bicyclic) bond motifs is 1. The molecule has 0 aliphatic rings. The van der Waals surface area contributed by atoms with E-state index in [2.05, 4.69) is 4.98 Å². The summed E-state index contributed by atoms with van der Waals surface area (Å²) in [5.41, 5.74) is 8.09. The molecule has 0 aliphatic carbocycles. The molecule has 0 radical (unpaired) electrons. The highest BCUT2D eigenvalue weighted by Crippen LogP contribution is 2.25. The number of hydrogen-bond acceptors (Lipinski definition) is 3. The van der Waals surface area contributed by atoms with Crippen LogP contribution in [-0.2, 0) is 6.54 Å². The molecule has 0 atom stereocenters. The maximum Gasteiger partial charge on any atom is 0.227 e. The summed E-state index contributed by atoms with van der Waals surface area (Å²) in [5, 5.41) is 0. The van der Waals surface area contributed by atoms with Gasteiger partial charge in [0.05, 0.1) is 0 Å². The summed E-state index contributed by atoms with van der Waals surface area (Å²) in [4.78, 5) is 4.25. The van der Waals surface area contributed by atoms with Gasteiger partial charge in [0, 0.05) is 12.1 Å². The summed E-state index contributed by atoms with van der Waals surface area (Å²) in [5.74, 6) is -1.57. The fourth-order valence-corrected chi connectivity index (χ4v) is 1.85. The van der Waals surface area contributed by atoms with Crippen LogP contribution in [0, 0.1) is 11.6 Å². The Balaban J connectivity index is 2.11. The van der Waals surface area contributed by atoms with E-state index < -0.39 is 11.6 Å². The number of oxazole rings is 1. The van der Waals surface area contributed by atoms with Crippen LogP contribution in [0.4, 0.5) is 8.78 Å². The first-order valence-electron chi connectivity index (χ1n) is 5.72. The predicted molar refractivity (Wildman–Crippen MR) is 67.3 cm³/mol. The fourth-order valence-electron chi connectivity index (χ4n) is 1.85. The average molecular weight is 260 g/mol. The van der Waals surface area contributed by atoms with Gasteiger partial charge in [-0.1, -0.05) is 6.07 Å². The molecule has 3 aromatic rings. The van der Waals surface area contributed by atoms with Crippen molar-refractivity contribution < 1.29 is 13.2 Å². The van der Waals surface area contributed by atoms with Gasteiger partial charge in [0.2, 0.25) is 5.89 Å². The first-order valence-corrected chi connectivity index (χ1v) is 5.72. The van der Waals surface area contributed by atoms with E-state index in [9.17, 15) is 8.78 Å². The zero-order valence-corrected chi connectivity index (χ0v) is 9.86. The predicted octanol–water partition coefficient (Wildman–Crippen LogP) is 3.23. The number of rotatable bonds is 2. The molecule has 0 saturated carbocycles. The van der Waals surface area contributed by atoms with Crippen molar-refractivity contribution in [3.8, 4) is 11.5 Å². The molecule has 0 bridgehead atoms. The molecule has 1 heterocycles. The summed E-state index contributed by atoms with van der Waals surface area (Å²) in [6.07, 6.45) is 0. The molecule has 1 aromatic heterocycles. The van der Waals surface area contributed by atoms with Gasteiger partial charge in [-0.2, -0.15) is 0 Å². The van der Waals surface area contributed by atoms with Crippen molar-refractivity contribution in [1.29, 1.82) is 0 Å². The molecule has 3 nitrogen and oxygen atoms in total. The lowest BCUT2D eigenvalue weighted by Crippen LogP contribution is -1.94. The van der Waals surface area contributed by atoms with Crippen molar-refractivity contribution in [3.05, 3.63) is 53.6 Å². The second-order valence-electron chi connectivity index (χ2n) is 4.15. The highest BCUT2D eigenvalue weighted by atomic mass is 19.2. The first kappa shape index (κ1) is 11.8. The number of nitrogens with zero attached hydrogens (tertiary/aromatic N) is 1. The average Bonchev–Trinajstić information content (AvgIpc) is 2.84. The minimum Gasteiger partial charge on any atom is -0.436 e. The van der Waals surface area contributed by atoms with Crippen LogP contribution in [0.3, 0.4) is 0 Å². The quantitative estimate of drug-likeness (QED) is 0.769. The Bertz CT molecular complexity index is 752. The number of hydrogen-bond donors (Lipinski definition) is 1. The standard InChI is InChI=1S/C14H10F2N2O/c15-10-3-2-9(6-11(10)16)14-18-12-5-8(7-17)1-4-13(12)19-14/h1-6H,7,17H2. The molecule has 0 amide bonds. The van der Waals surface area contributed by atoms with E-state index in [-0.39, 0.29) is 5.89 Å². The Morgan fingerprint density at radius 1 is 1.05 bits per heavy atom. The van der Waals surface area contributed by atoms with Crippen molar-refractivity contribution in [2.75, 3.05) is 0 Å². The summed E-state index contributed by atoms with van der Waals surface area (Å²) in [6.45, 7) is 0.406. The van der Waals surface area contributed by atoms with E-state index in [0.717, 1.165) is 17.7 Å². The van der Waals surface area contributed by atoms with Gasteiger partial charge in [-0.15, -0.1) is 0 Å². The molecule has 3 rings (SSSR count). The Kier molecular flexibility index (Phi) is 2.76. The van der Waals surface area contributed by atoms with Crippen LogP contribution in [0.2, 0.25) is 0 Å². The summed E-state index contributed by atoms with van der Waals surface area (Å²) in [6, 6.07) is 8.93. The number of benzene rings is 2. The summed E-state index contributed by atoms with van der Waals surface area (Å²) in [7, 11) is 0. The maximum atomic E-state index is 13.2. The van der Waals surface area contributed by atoms with E-state index in [0.29, 0.717) is 23.2 Å². The van der Waals surface area contributed by atoms with Crippen molar-refractivity contribution in [1.82, 2.24) is 4.98 Å². The van der Waals surface area contributed by atoms with E-state index in [4.69, 9.17) is 10.2 Å².